The summed E-state index contributed by atoms with van der Waals surface area (Å²) in [6.07, 6.45) is 3.81. The van der Waals surface area contributed by atoms with Crippen molar-refractivity contribution in [3.63, 3.8) is 0 Å². The van der Waals surface area contributed by atoms with Gasteiger partial charge >= 0.3 is 0 Å². The molecule has 21 heavy (non-hydrogen) atoms. The van der Waals surface area contributed by atoms with Crippen LogP contribution < -0.4 is 0 Å². The van der Waals surface area contributed by atoms with Crippen LogP contribution in [0.15, 0.2) is 84.1 Å². The molecule has 1 N–H and O–H groups in total. The van der Waals surface area contributed by atoms with Gasteiger partial charge in [0.15, 0.2) is 0 Å². The summed E-state index contributed by atoms with van der Waals surface area (Å²) >= 11 is 0. The molecule has 1 aliphatic carbocycles. The Morgan fingerprint density at radius 1 is 0.714 bits per heavy atom. The van der Waals surface area contributed by atoms with Crippen molar-refractivity contribution in [1.29, 1.82) is 0 Å². The van der Waals surface area contributed by atoms with Crippen LogP contribution in [-0.2, 0) is 0 Å². The quantitative estimate of drug-likeness (QED) is 0.666. The summed E-state index contributed by atoms with van der Waals surface area (Å²) in [5.74, 6) is 0.391. The lowest BCUT2D eigenvalue weighted by atomic mass is 9.94. The van der Waals surface area contributed by atoms with E-state index < -0.39 is 0 Å². The van der Waals surface area contributed by atoms with Crippen molar-refractivity contribution in [3.05, 3.63) is 89.7 Å². The van der Waals surface area contributed by atoms with Crippen molar-refractivity contribution in [1.82, 2.24) is 0 Å². The van der Waals surface area contributed by atoms with Gasteiger partial charge in [-0.1, -0.05) is 66.7 Å². The molecule has 1 heteroatoms. The van der Waals surface area contributed by atoms with E-state index in [0.717, 1.165) is 11.1 Å². The first-order valence-electron chi connectivity index (χ1n) is 7.03. The molecule has 3 aromatic rings. The Hall–Kier alpha value is -2.80. The van der Waals surface area contributed by atoms with E-state index in [1.54, 1.807) is 6.08 Å². The molecule has 0 aliphatic heterocycles. The topological polar surface area (TPSA) is 20.2 Å². The molecule has 0 fully saturated rings. The molecule has 0 bridgehead atoms. The molecule has 1 nitrogen and oxygen atoms in total. The molecule has 4 rings (SSSR count). The first kappa shape index (κ1) is 12.0. The van der Waals surface area contributed by atoms with Gasteiger partial charge in [0.2, 0.25) is 0 Å². The molecule has 0 spiro atoms. The second-order valence-corrected chi connectivity index (χ2v) is 5.24. The number of hydrogen-bond donors (Lipinski definition) is 1. The molecule has 100 valence electrons. The maximum Gasteiger partial charge on any atom is 0.123 e. The lowest BCUT2D eigenvalue weighted by molar-refractivity contribution is 0.450. The van der Waals surface area contributed by atoms with Gasteiger partial charge in [0.25, 0.3) is 0 Å². The van der Waals surface area contributed by atoms with E-state index in [9.17, 15) is 5.11 Å². The van der Waals surface area contributed by atoms with Crippen molar-refractivity contribution in [2.75, 3.05) is 0 Å². The normalized spacial score (nSPS) is 15.2. The molecular formula is C20H14O. The molecule has 0 radical (unpaired) electrons. The summed E-state index contributed by atoms with van der Waals surface area (Å²) in [6, 6.07) is 23.1. The lowest BCUT2D eigenvalue weighted by Gasteiger charge is -2.10. The number of rotatable bonds is 2. The summed E-state index contributed by atoms with van der Waals surface area (Å²) in [5.41, 5.74) is 4.46. The minimum Gasteiger partial charge on any atom is -0.507 e. The summed E-state index contributed by atoms with van der Waals surface area (Å²) < 4.78 is 0. The van der Waals surface area contributed by atoms with Crippen LogP contribution in [0.5, 0.6) is 0 Å². The predicted molar refractivity (Wildman–Crippen MR) is 88.1 cm³/mol. The third-order valence-corrected chi connectivity index (χ3v) is 3.86. The van der Waals surface area contributed by atoms with E-state index in [-0.39, 0.29) is 0 Å². The highest BCUT2D eigenvalue weighted by Gasteiger charge is 2.15. The second kappa shape index (κ2) is 4.64. The smallest absolute Gasteiger partial charge is 0.123 e. The summed E-state index contributed by atoms with van der Waals surface area (Å²) in [4.78, 5) is 0. The zero-order valence-electron chi connectivity index (χ0n) is 11.5. The van der Waals surface area contributed by atoms with Gasteiger partial charge < -0.3 is 5.11 Å². The number of fused-ring (bicyclic) bond motifs is 1. The third kappa shape index (κ3) is 2.13. The zero-order valence-corrected chi connectivity index (χ0v) is 11.5. The van der Waals surface area contributed by atoms with Crippen LogP contribution in [0, 0.1) is 0 Å². The van der Waals surface area contributed by atoms with E-state index in [1.807, 2.05) is 12.1 Å². The van der Waals surface area contributed by atoms with Gasteiger partial charge in [-0.05, 0) is 39.6 Å². The first-order valence-corrected chi connectivity index (χ1v) is 7.03. The number of allylic oxidation sites excluding steroid dienone is 2. The molecule has 0 aromatic heterocycles. The molecule has 0 heterocycles. The first-order chi connectivity index (χ1) is 10.3. The average Bonchev–Trinajstić information content (AvgIpc) is 3.22. The maximum absolute atomic E-state index is 9.41. The number of aliphatic hydroxyl groups excluding tert-OH is 1. The zero-order chi connectivity index (χ0) is 14.2. The highest BCUT2D eigenvalue weighted by molar-refractivity contribution is 5.98. The van der Waals surface area contributed by atoms with E-state index in [4.69, 9.17) is 0 Å². The van der Waals surface area contributed by atoms with Crippen LogP contribution in [0.25, 0.3) is 28.0 Å². The number of aliphatic hydroxyl groups is 1. The summed E-state index contributed by atoms with van der Waals surface area (Å²) in [5, 5.41) is 11.9. The van der Waals surface area contributed by atoms with Gasteiger partial charge in [0.05, 0.1) is 0 Å². The summed E-state index contributed by atoms with van der Waals surface area (Å²) in [7, 11) is 0. The standard InChI is InChI=1S/C20H14O/c21-20-13-16(20)12-15-7-2-4-10-18(15)19-11-5-8-14-6-1-3-9-17(14)19/h1-13,21H/b16-12+. The highest BCUT2D eigenvalue weighted by atomic mass is 16.3. The Morgan fingerprint density at radius 2 is 1.38 bits per heavy atom. The lowest BCUT2D eigenvalue weighted by Crippen LogP contribution is -1.85. The molecule has 0 saturated carbocycles. The number of hydrogen-bond acceptors (Lipinski definition) is 1. The monoisotopic (exact) mass is 270 g/mol. The van der Waals surface area contributed by atoms with Crippen LogP contribution in [0.2, 0.25) is 0 Å². The Kier molecular flexibility index (Phi) is 2.65. The molecule has 0 unspecified atom stereocenters. The minimum atomic E-state index is 0.391. The number of benzene rings is 3. The Labute approximate surface area is 123 Å². The van der Waals surface area contributed by atoms with Crippen LogP contribution in [0.1, 0.15) is 5.56 Å². The summed E-state index contributed by atoms with van der Waals surface area (Å²) in [6.45, 7) is 0. The van der Waals surface area contributed by atoms with Gasteiger partial charge in [-0.15, -0.1) is 0 Å². The molecule has 0 atom stereocenters. The fraction of sp³-hybridized carbons (Fsp3) is 0. The molecule has 3 aromatic carbocycles. The average molecular weight is 270 g/mol. The Bertz CT molecular complexity index is 895. The van der Waals surface area contributed by atoms with Crippen molar-refractivity contribution in [2.45, 2.75) is 0 Å². The molecular weight excluding hydrogens is 256 g/mol. The maximum atomic E-state index is 9.41. The Balaban J connectivity index is 1.93. The highest BCUT2D eigenvalue weighted by Crippen LogP contribution is 2.34. The Morgan fingerprint density at radius 3 is 2.24 bits per heavy atom. The fourth-order valence-electron chi connectivity index (χ4n) is 2.72. The van der Waals surface area contributed by atoms with E-state index in [1.165, 1.54) is 21.9 Å². The molecule has 0 amide bonds. The van der Waals surface area contributed by atoms with Crippen LogP contribution in [0.3, 0.4) is 0 Å². The van der Waals surface area contributed by atoms with Crippen LogP contribution >= 0.6 is 0 Å². The predicted octanol–water partition coefficient (Wildman–Crippen LogP) is 5.35. The van der Waals surface area contributed by atoms with E-state index in [2.05, 4.69) is 60.7 Å². The largest absolute Gasteiger partial charge is 0.507 e. The van der Waals surface area contributed by atoms with Crippen molar-refractivity contribution >= 4 is 16.8 Å². The van der Waals surface area contributed by atoms with Crippen molar-refractivity contribution < 1.29 is 5.11 Å². The third-order valence-electron chi connectivity index (χ3n) is 3.86. The van der Waals surface area contributed by atoms with Gasteiger partial charge in [0.1, 0.15) is 5.76 Å². The van der Waals surface area contributed by atoms with E-state index in [0.29, 0.717) is 5.76 Å². The van der Waals surface area contributed by atoms with Gasteiger partial charge in [0, 0.05) is 5.57 Å². The van der Waals surface area contributed by atoms with Gasteiger partial charge in [-0.2, -0.15) is 0 Å². The van der Waals surface area contributed by atoms with Crippen molar-refractivity contribution in [3.8, 4) is 11.1 Å². The fourth-order valence-corrected chi connectivity index (χ4v) is 2.72. The van der Waals surface area contributed by atoms with Crippen LogP contribution in [-0.4, -0.2) is 5.11 Å². The SMILES string of the molecule is OC1=CC/1=C\c1ccccc1-c1cccc2ccccc12. The van der Waals surface area contributed by atoms with Gasteiger partial charge in [-0.3, -0.25) is 0 Å². The van der Waals surface area contributed by atoms with Crippen molar-refractivity contribution in [2.24, 2.45) is 0 Å². The van der Waals surface area contributed by atoms with Gasteiger partial charge in [-0.25, -0.2) is 0 Å². The van der Waals surface area contributed by atoms with Crippen LogP contribution in [0.4, 0.5) is 0 Å². The van der Waals surface area contributed by atoms with E-state index >= 15 is 0 Å². The second-order valence-electron chi connectivity index (χ2n) is 5.24. The molecule has 1 aliphatic rings. The molecule has 0 saturated heterocycles. The minimum absolute atomic E-state index is 0.391.